The summed E-state index contributed by atoms with van der Waals surface area (Å²) in [5.41, 5.74) is 1.17. The lowest BCUT2D eigenvalue weighted by atomic mass is 10.1. The second-order valence-electron chi connectivity index (χ2n) is 5.95. The molecule has 0 saturated carbocycles. The molecule has 4 N–H and O–H groups in total. The van der Waals surface area contributed by atoms with E-state index in [9.17, 15) is 24.6 Å². The summed E-state index contributed by atoms with van der Waals surface area (Å²) in [4.78, 5) is 35.8. The molecule has 0 unspecified atom stereocenters. The van der Waals surface area contributed by atoms with E-state index in [-0.39, 0.29) is 6.54 Å². The average Bonchev–Trinajstić information content (AvgIpc) is 2.75. The van der Waals surface area contributed by atoms with Crippen molar-refractivity contribution in [2.45, 2.75) is 18.7 Å². The Kier molecular flexibility index (Phi) is 8.13. The summed E-state index contributed by atoms with van der Waals surface area (Å²) in [5.74, 6) is -1.39. The average molecular weight is 386 g/mol. The van der Waals surface area contributed by atoms with Gasteiger partial charge in [-0.1, -0.05) is 48.5 Å². The van der Waals surface area contributed by atoms with Gasteiger partial charge >= 0.3 is 6.09 Å². The molecule has 8 nitrogen and oxygen atoms in total. The molecular formula is C20H22N2O6. The van der Waals surface area contributed by atoms with Crippen LogP contribution < -0.4 is 10.6 Å². The molecule has 2 aromatic rings. The van der Waals surface area contributed by atoms with Gasteiger partial charge in [0.1, 0.15) is 6.10 Å². The summed E-state index contributed by atoms with van der Waals surface area (Å²) in [7, 11) is 0. The number of ether oxygens (including phenoxy) is 1. The fraction of sp³-hybridized carbons (Fsp3) is 0.250. The molecule has 8 heteroatoms. The van der Waals surface area contributed by atoms with Crippen LogP contribution in [-0.2, 0) is 16.1 Å². The summed E-state index contributed by atoms with van der Waals surface area (Å²) >= 11 is 0. The van der Waals surface area contributed by atoms with E-state index < -0.39 is 43.1 Å². The Hall–Kier alpha value is -3.23. The van der Waals surface area contributed by atoms with Crippen molar-refractivity contribution in [1.82, 2.24) is 10.6 Å². The fourth-order valence-corrected chi connectivity index (χ4v) is 2.33. The number of alkyl carbamates (subject to hydrolysis) is 1. The Morgan fingerprint density at radius 1 is 0.964 bits per heavy atom. The zero-order chi connectivity index (χ0) is 20.4. The number of Topliss-reactive ketones (excluding diaryl/α,β-unsaturated/α-hetero) is 1. The summed E-state index contributed by atoms with van der Waals surface area (Å²) in [5, 5.41) is 24.3. The van der Waals surface area contributed by atoms with Gasteiger partial charge in [-0.05, 0) is 17.7 Å². The van der Waals surface area contributed by atoms with Gasteiger partial charge in [0, 0.05) is 12.1 Å². The normalized spacial score (nSPS) is 12.5. The van der Waals surface area contributed by atoms with Crippen molar-refractivity contribution < 1.29 is 29.3 Å². The summed E-state index contributed by atoms with van der Waals surface area (Å²) in [6, 6.07) is 16.1. The molecule has 2 rings (SSSR count). The maximum Gasteiger partial charge on any atom is 0.407 e. The van der Waals surface area contributed by atoms with Crippen molar-refractivity contribution in [1.29, 1.82) is 0 Å². The number of aliphatic hydroxyl groups is 2. The first kappa shape index (κ1) is 21.1. The van der Waals surface area contributed by atoms with Gasteiger partial charge in [0.05, 0.1) is 12.6 Å². The van der Waals surface area contributed by atoms with Gasteiger partial charge in [-0.3, -0.25) is 9.59 Å². The van der Waals surface area contributed by atoms with Crippen molar-refractivity contribution in [3.05, 3.63) is 71.8 Å². The highest BCUT2D eigenvalue weighted by atomic mass is 16.6. The Morgan fingerprint density at radius 2 is 1.57 bits per heavy atom. The first-order valence-corrected chi connectivity index (χ1v) is 8.63. The van der Waals surface area contributed by atoms with E-state index in [4.69, 9.17) is 4.74 Å². The third-order valence-electron chi connectivity index (χ3n) is 3.89. The van der Waals surface area contributed by atoms with E-state index >= 15 is 0 Å². The van der Waals surface area contributed by atoms with E-state index in [1.54, 1.807) is 30.3 Å². The van der Waals surface area contributed by atoms with Crippen molar-refractivity contribution in [2.24, 2.45) is 0 Å². The molecule has 0 radical (unpaired) electrons. The number of carbonyl (C=O) groups excluding carboxylic acids is 3. The van der Waals surface area contributed by atoms with Crippen LogP contribution in [0.5, 0.6) is 0 Å². The molecule has 148 valence electrons. The molecule has 0 aliphatic carbocycles. The number of hydrogen-bond donors (Lipinski definition) is 4. The number of amides is 2. The molecule has 2 atom stereocenters. The molecular weight excluding hydrogens is 364 g/mol. The number of aliphatic hydroxyl groups excluding tert-OH is 2. The van der Waals surface area contributed by atoms with Crippen molar-refractivity contribution in [3.8, 4) is 0 Å². The SMILES string of the molecule is O=C(NCc1ccccc1)OCC(=O)[C@H](O)[C@H](CO)NC(=O)c1ccccc1. The van der Waals surface area contributed by atoms with E-state index in [0.717, 1.165) is 5.56 Å². The third-order valence-corrected chi connectivity index (χ3v) is 3.89. The largest absolute Gasteiger partial charge is 0.441 e. The first-order chi connectivity index (χ1) is 13.5. The molecule has 0 spiro atoms. The highest BCUT2D eigenvalue weighted by molar-refractivity contribution is 5.95. The fourth-order valence-electron chi connectivity index (χ4n) is 2.33. The van der Waals surface area contributed by atoms with Crippen LogP contribution in [0.2, 0.25) is 0 Å². The van der Waals surface area contributed by atoms with Gasteiger partial charge in [0.2, 0.25) is 5.78 Å². The molecule has 28 heavy (non-hydrogen) atoms. The topological polar surface area (TPSA) is 125 Å². The first-order valence-electron chi connectivity index (χ1n) is 8.63. The van der Waals surface area contributed by atoms with Crippen LogP contribution in [0.25, 0.3) is 0 Å². The number of hydrogen-bond acceptors (Lipinski definition) is 6. The highest BCUT2D eigenvalue weighted by Gasteiger charge is 2.28. The minimum absolute atomic E-state index is 0.225. The van der Waals surface area contributed by atoms with Crippen LogP contribution in [-0.4, -0.2) is 53.4 Å². The second kappa shape index (κ2) is 10.8. The lowest BCUT2D eigenvalue weighted by molar-refractivity contribution is -0.132. The number of carbonyl (C=O) groups is 3. The predicted molar refractivity (Wildman–Crippen MR) is 100 cm³/mol. The standard InChI is InChI=1S/C20H22N2O6/c23-12-16(22-19(26)15-9-5-2-6-10-15)18(25)17(24)13-28-20(27)21-11-14-7-3-1-4-8-14/h1-10,16,18,23,25H,11-13H2,(H,21,27)(H,22,26)/t16-,18+/m0/s1. The van der Waals surface area contributed by atoms with Gasteiger partial charge in [-0.2, -0.15) is 0 Å². The quantitative estimate of drug-likeness (QED) is 0.501. The van der Waals surface area contributed by atoms with Crippen LogP contribution in [0.3, 0.4) is 0 Å². The molecule has 0 heterocycles. The minimum Gasteiger partial charge on any atom is -0.441 e. The molecule has 0 bridgehead atoms. The second-order valence-corrected chi connectivity index (χ2v) is 5.95. The lowest BCUT2D eigenvalue weighted by Crippen LogP contribution is -2.50. The summed E-state index contributed by atoms with van der Waals surface area (Å²) < 4.78 is 4.78. The van der Waals surface area contributed by atoms with Crippen molar-refractivity contribution in [3.63, 3.8) is 0 Å². The van der Waals surface area contributed by atoms with E-state index in [1.807, 2.05) is 30.3 Å². The smallest absolute Gasteiger partial charge is 0.407 e. The number of benzene rings is 2. The van der Waals surface area contributed by atoms with E-state index in [2.05, 4.69) is 10.6 Å². The molecule has 2 amide bonds. The van der Waals surface area contributed by atoms with Crippen molar-refractivity contribution in [2.75, 3.05) is 13.2 Å². The zero-order valence-corrected chi connectivity index (χ0v) is 15.1. The third kappa shape index (κ3) is 6.49. The Bertz CT molecular complexity index is 782. The van der Waals surface area contributed by atoms with Gasteiger partial charge in [-0.15, -0.1) is 0 Å². The van der Waals surface area contributed by atoms with Gasteiger partial charge in [-0.25, -0.2) is 4.79 Å². The lowest BCUT2D eigenvalue weighted by Gasteiger charge is -2.21. The van der Waals surface area contributed by atoms with Gasteiger partial charge in [0.15, 0.2) is 6.61 Å². The minimum atomic E-state index is -1.72. The van der Waals surface area contributed by atoms with Crippen LogP contribution in [0, 0.1) is 0 Å². The predicted octanol–water partition coefficient (Wildman–Crippen LogP) is 0.634. The van der Waals surface area contributed by atoms with Crippen LogP contribution in [0.1, 0.15) is 15.9 Å². The number of nitrogens with one attached hydrogen (secondary N) is 2. The Labute approximate surface area is 162 Å². The highest BCUT2D eigenvalue weighted by Crippen LogP contribution is 2.03. The van der Waals surface area contributed by atoms with Crippen LogP contribution in [0.4, 0.5) is 4.79 Å². The summed E-state index contributed by atoms with van der Waals surface area (Å²) in [6.45, 7) is -1.13. The molecule has 0 aromatic heterocycles. The maximum absolute atomic E-state index is 12.1. The van der Waals surface area contributed by atoms with Crippen LogP contribution in [0.15, 0.2) is 60.7 Å². The molecule has 2 aromatic carbocycles. The van der Waals surface area contributed by atoms with Gasteiger partial charge < -0.3 is 25.6 Å². The monoisotopic (exact) mass is 386 g/mol. The Balaban J connectivity index is 1.79. The number of rotatable bonds is 9. The van der Waals surface area contributed by atoms with E-state index in [1.165, 1.54) is 0 Å². The zero-order valence-electron chi connectivity index (χ0n) is 15.1. The molecule has 0 saturated heterocycles. The number of ketones is 1. The Morgan fingerprint density at radius 3 is 2.18 bits per heavy atom. The molecule has 0 aliphatic heterocycles. The van der Waals surface area contributed by atoms with Gasteiger partial charge in [0.25, 0.3) is 5.91 Å². The van der Waals surface area contributed by atoms with Crippen LogP contribution >= 0.6 is 0 Å². The van der Waals surface area contributed by atoms with E-state index in [0.29, 0.717) is 5.56 Å². The summed E-state index contributed by atoms with van der Waals surface area (Å²) in [6.07, 6.45) is -2.54. The molecule has 0 aliphatic rings. The molecule has 0 fully saturated rings. The van der Waals surface area contributed by atoms with Crippen molar-refractivity contribution >= 4 is 17.8 Å². The maximum atomic E-state index is 12.1.